The summed E-state index contributed by atoms with van der Waals surface area (Å²) in [4.78, 5) is 3.32. The number of halogens is 4. The smallest absolute Gasteiger partial charge is 0.416 e. The van der Waals surface area contributed by atoms with E-state index in [9.17, 15) is 13.2 Å². The first-order valence-corrected chi connectivity index (χ1v) is 11.3. The van der Waals surface area contributed by atoms with Crippen molar-refractivity contribution in [1.29, 1.82) is 0 Å². The third-order valence-corrected chi connectivity index (χ3v) is 6.38. The van der Waals surface area contributed by atoms with Crippen LogP contribution in [0.2, 0.25) is 0 Å². The van der Waals surface area contributed by atoms with Crippen LogP contribution in [-0.2, 0) is 6.18 Å². The van der Waals surface area contributed by atoms with Gasteiger partial charge < -0.3 is 17.4 Å². The second-order valence-corrected chi connectivity index (χ2v) is 8.46. The Labute approximate surface area is 212 Å². The lowest BCUT2D eigenvalue weighted by Crippen LogP contribution is -3.00. The lowest BCUT2D eigenvalue weighted by molar-refractivity contribution is -0.137. The predicted octanol–water partition coefficient (Wildman–Crippen LogP) is 5.07. The molecule has 1 aliphatic heterocycles. The highest BCUT2D eigenvalue weighted by Crippen LogP contribution is 2.42. The number of nitrogens with one attached hydrogen (secondary N) is 1. The number of aromatic nitrogens is 1. The molecule has 1 N–H and O–H groups in total. The molecule has 178 valence electrons. The second-order valence-electron chi connectivity index (χ2n) is 8.46. The zero-order valence-electron chi connectivity index (χ0n) is 18.9. The third kappa shape index (κ3) is 4.01. The number of H-pyrrole nitrogens is 1. The summed E-state index contributed by atoms with van der Waals surface area (Å²) < 4.78 is 42.1. The van der Waals surface area contributed by atoms with Crippen molar-refractivity contribution in [2.24, 2.45) is 0 Å². The van der Waals surface area contributed by atoms with Gasteiger partial charge in [-0.3, -0.25) is 0 Å². The highest BCUT2D eigenvalue weighted by Gasteiger charge is 2.33. The van der Waals surface area contributed by atoms with E-state index in [-0.39, 0.29) is 12.4 Å². The first-order chi connectivity index (χ1) is 17.0. The zero-order valence-corrected chi connectivity index (χ0v) is 19.7. The van der Waals surface area contributed by atoms with Gasteiger partial charge in [0.05, 0.1) is 16.7 Å². The van der Waals surface area contributed by atoms with E-state index in [1.165, 1.54) is 0 Å². The van der Waals surface area contributed by atoms with Crippen LogP contribution in [0.5, 0.6) is 0 Å². The number of hydrogen-bond donors (Lipinski definition) is 1. The monoisotopic (exact) mass is 500 g/mol. The van der Waals surface area contributed by atoms with E-state index in [0.29, 0.717) is 0 Å². The van der Waals surface area contributed by atoms with Crippen molar-refractivity contribution in [3.63, 3.8) is 0 Å². The maximum Gasteiger partial charge on any atom is 0.416 e. The third-order valence-electron chi connectivity index (χ3n) is 6.38. The molecule has 2 heterocycles. The van der Waals surface area contributed by atoms with E-state index in [1.807, 2.05) is 72.9 Å². The van der Waals surface area contributed by atoms with Gasteiger partial charge in [-0.1, -0.05) is 60.7 Å². The van der Waals surface area contributed by atoms with Crippen LogP contribution >= 0.6 is 0 Å². The van der Waals surface area contributed by atoms with Crippen molar-refractivity contribution in [3.05, 3.63) is 132 Å². The lowest BCUT2D eigenvalue weighted by Gasteiger charge is -2.12. The van der Waals surface area contributed by atoms with Gasteiger partial charge in [0.15, 0.2) is 6.21 Å². The van der Waals surface area contributed by atoms with Gasteiger partial charge in [-0.25, -0.2) is 0 Å². The summed E-state index contributed by atoms with van der Waals surface area (Å²) >= 11 is 0. The molecule has 0 bridgehead atoms. The number of alkyl halides is 3. The number of nitrogens with zero attached hydrogens (tertiary/aromatic N) is 1. The second kappa shape index (κ2) is 9.17. The minimum absolute atomic E-state index is 0. The molecule has 0 atom stereocenters. The molecule has 0 radical (unpaired) electrons. The number of aromatic amines is 1. The fourth-order valence-electron chi connectivity index (χ4n) is 4.74. The molecule has 5 aromatic rings. The average molecular weight is 501 g/mol. The number of hydrogen-bond acceptors (Lipinski definition) is 0. The zero-order chi connectivity index (χ0) is 24.0. The molecule has 1 aromatic heterocycles. The lowest BCUT2D eigenvalue weighted by atomic mass is 9.89. The van der Waals surface area contributed by atoms with Crippen molar-refractivity contribution >= 4 is 39.6 Å². The molecule has 36 heavy (non-hydrogen) atoms. The standard InChI is InChI=1S/C30H19F3N2.ClH/c31-30(32,33)21-16-14-20(15-17-21)29(25-18-34-27-12-6-4-10-23(25)27)26-19-35(22-8-2-1-3-9-22)28-13-7-5-11-24(26)28;/h1-19H;1H. The van der Waals surface area contributed by atoms with Gasteiger partial charge in [0.2, 0.25) is 11.4 Å². The van der Waals surface area contributed by atoms with E-state index in [1.54, 1.807) is 12.1 Å². The maximum absolute atomic E-state index is 13.3. The van der Waals surface area contributed by atoms with Gasteiger partial charge in [0, 0.05) is 46.4 Å². The summed E-state index contributed by atoms with van der Waals surface area (Å²) in [5.41, 5.74) is 6.87. The van der Waals surface area contributed by atoms with Gasteiger partial charge in [-0.05, 0) is 29.8 Å². The topological polar surface area (TPSA) is 18.8 Å². The Morgan fingerprint density at radius 3 is 2.14 bits per heavy atom. The van der Waals surface area contributed by atoms with Crippen molar-refractivity contribution in [3.8, 4) is 0 Å². The van der Waals surface area contributed by atoms with Gasteiger partial charge in [-0.2, -0.15) is 17.7 Å². The summed E-state index contributed by atoms with van der Waals surface area (Å²) in [6, 6.07) is 31.5. The highest BCUT2D eigenvalue weighted by molar-refractivity contribution is 6.28. The Hall–Kier alpha value is -4.09. The molecule has 0 saturated carbocycles. The summed E-state index contributed by atoms with van der Waals surface area (Å²) in [5, 5.41) is 1.01. The van der Waals surface area contributed by atoms with Crippen LogP contribution in [0.3, 0.4) is 0 Å². The molecule has 0 aliphatic carbocycles. The minimum atomic E-state index is -4.39. The van der Waals surface area contributed by atoms with Gasteiger partial charge >= 0.3 is 6.18 Å². The van der Waals surface area contributed by atoms with Crippen LogP contribution in [-0.4, -0.2) is 11.2 Å². The van der Waals surface area contributed by atoms with E-state index in [2.05, 4.69) is 27.9 Å². The van der Waals surface area contributed by atoms with Crippen LogP contribution in [0.15, 0.2) is 109 Å². The molecule has 0 saturated heterocycles. The molecular formula is C30H20ClF3N2. The van der Waals surface area contributed by atoms with Crippen LogP contribution in [0.4, 0.5) is 24.5 Å². The van der Waals surface area contributed by atoms with Gasteiger partial charge in [0.1, 0.15) is 0 Å². The summed E-state index contributed by atoms with van der Waals surface area (Å²) in [5.74, 6) is 0. The normalized spacial score (nSPS) is 14.2. The summed E-state index contributed by atoms with van der Waals surface area (Å²) in [6.45, 7) is 0. The van der Waals surface area contributed by atoms with E-state index in [4.69, 9.17) is 0 Å². The molecule has 0 fully saturated rings. The molecule has 6 rings (SSSR count). The summed E-state index contributed by atoms with van der Waals surface area (Å²) in [6.07, 6.45) is -0.371. The number of fused-ring (bicyclic) bond motifs is 2. The Kier molecular flexibility index (Phi) is 6.02. The number of allylic oxidation sites excluding steroid dienone is 1. The molecule has 6 heteroatoms. The maximum atomic E-state index is 13.3. The Balaban J connectivity index is 0.00000267. The van der Waals surface area contributed by atoms with E-state index >= 15 is 0 Å². The summed E-state index contributed by atoms with van der Waals surface area (Å²) in [7, 11) is 0. The minimum Gasteiger partial charge on any atom is -1.00 e. The quantitative estimate of drug-likeness (QED) is 0.334. The van der Waals surface area contributed by atoms with E-state index in [0.717, 1.165) is 62.2 Å². The molecular weight excluding hydrogens is 481 g/mol. The molecule has 0 spiro atoms. The van der Waals surface area contributed by atoms with Crippen molar-refractivity contribution in [2.45, 2.75) is 6.18 Å². The molecule has 2 nitrogen and oxygen atoms in total. The number of para-hydroxylation sites is 3. The molecule has 0 unspecified atom stereocenters. The van der Waals surface area contributed by atoms with Crippen molar-refractivity contribution in [2.75, 3.05) is 0 Å². The molecule has 0 amide bonds. The number of benzene rings is 4. The Morgan fingerprint density at radius 2 is 1.39 bits per heavy atom. The first-order valence-electron chi connectivity index (χ1n) is 11.3. The first kappa shape index (κ1) is 23.6. The van der Waals surface area contributed by atoms with Gasteiger partial charge in [-0.15, -0.1) is 0 Å². The largest absolute Gasteiger partial charge is 1.00 e. The SMILES string of the molecule is FC(F)(F)c1ccc(C(=C2C=[N+](c3ccccc3)c3ccccc32)c2c[nH]c3ccccc23)cc1.[Cl-]. The number of rotatable bonds is 3. The van der Waals surface area contributed by atoms with Crippen molar-refractivity contribution < 1.29 is 25.6 Å². The Morgan fingerprint density at radius 1 is 0.722 bits per heavy atom. The Bertz CT molecular complexity index is 1610. The van der Waals surface area contributed by atoms with E-state index < -0.39 is 11.7 Å². The van der Waals surface area contributed by atoms with Gasteiger partial charge in [0.25, 0.3) is 0 Å². The highest BCUT2D eigenvalue weighted by atomic mass is 35.5. The fourth-order valence-corrected chi connectivity index (χ4v) is 4.74. The fraction of sp³-hybridized carbons (Fsp3) is 0.0333. The molecule has 4 aromatic carbocycles. The average Bonchev–Trinajstić information content (AvgIpc) is 3.47. The van der Waals surface area contributed by atoms with Crippen LogP contribution < -0.4 is 17.0 Å². The molecule has 1 aliphatic rings. The van der Waals surface area contributed by atoms with Crippen LogP contribution in [0.25, 0.3) is 22.0 Å². The van der Waals surface area contributed by atoms with Crippen LogP contribution in [0, 0.1) is 0 Å². The van der Waals surface area contributed by atoms with Crippen molar-refractivity contribution in [1.82, 2.24) is 9.56 Å². The van der Waals surface area contributed by atoms with Crippen LogP contribution in [0.1, 0.15) is 22.3 Å². The predicted molar refractivity (Wildman–Crippen MR) is 136 cm³/mol.